The monoisotopic (exact) mass is 358 g/mol. The van der Waals surface area contributed by atoms with Crippen molar-refractivity contribution in [3.63, 3.8) is 0 Å². The summed E-state index contributed by atoms with van der Waals surface area (Å²) in [7, 11) is 0. The third kappa shape index (κ3) is 7.35. The van der Waals surface area contributed by atoms with E-state index in [9.17, 15) is 13.2 Å². The minimum Gasteiger partial charge on any atom is -0.171 e. The summed E-state index contributed by atoms with van der Waals surface area (Å²) in [5.74, 6) is 1.81. The van der Waals surface area contributed by atoms with Crippen molar-refractivity contribution in [3.05, 3.63) is 12.2 Å². The van der Waals surface area contributed by atoms with Crippen LogP contribution in [0.25, 0.3) is 0 Å². The van der Waals surface area contributed by atoms with E-state index >= 15 is 0 Å². The zero-order chi connectivity index (χ0) is 18.2. The van der Waals surface area contributed by atoms with Crippen molar-refractivity contribution in [2.24, 2.45) is 17.3 Å². The smallest absolute Gasteiger partial charge is 0.171 e. The molecule has 0 radical (unpaired) electrons. The van der Waals surface area contributed by atoms with Gasteiger partial charge in [0.15, 0.2) is 0 Å². The molecule has 2 rings (SSSR count). The van der Waals surface area contributed by atoms with Crippen molar-refractivity contribution < 1.29 is 13.2 Å². The lowest BCUT2D eigenvalue weighted by molar-refractivity contribution is -0.133. The van der Waals surface area contributed by atoms with Gasteiger partial charge >= 0.3 is 6.18 Å². The predicted octanol–water partition coefficient (Wildman–Crippen LogP) is 8.22. The second-order valence-corrected chi connectivity index (χ2v) is 8.61. The Bertz CT molecular complexity index is 383. The molecule has 0 heterocycles. The Morgan fingerprint density at radius 3 is 2.16 bits per heavy atom. The second kappa shape index (κ2) is 10.0. The van der Waals surface area contributed by atoms with Gasteiger partial charge in [-0.1, -0.05) is 70.4 Å². The van der Waals surface area contributed by atoms with Crippen LogP contribution in [0.4, 0.5) is 13.2 Å². The van der Waals surface area contributed by atoms with Crippen LogP contribution in [0.1, 0.15) is 103 Å². The van der Waals surface area contributed by atoms with Crippen molar-refractivity contribution in [1.82, 2.24) is 0 Å². The van der Waals surface area contributed by atoms with Gasteiger partial charge in [0, 0.05) is 6.42 Å². The third-order valence-corrected chi connectivity index (χ3v) is 6.69. The van der Waals surface area contributed by atoms with Crippen LogP contribution in [-0.2, 0) is 0 Å². The fourth-order valence-electron chi connectivity index (χ4n) is 5.10. The highest BCUT2D eigenvalue weighted by Gasteiger charge is 2.35. The zero-order valence-electron chi connectivity index (χ0n) is 16.0. The highest BCUT2D eigenvalue weighted by Crippen LogP contribution is 2.48. The Hall–Kier alpha value is -0.470. The number of halogens is 3. The Morgan fingerprint density at radius 2 is 1.56 bits per heavy atom. The first-order chi connectivity index (χ1) is 11.9. The van der Waals surface area contributed by atoms with Crippen LogP contribution in [0.2, 0.25) is 0 Å². The maximum Gasteiger partial charge on any atom is 0.389 e. The Balaban J connectivity index is 1.88. The third-order valence-electron chi connectivity index (χ3n) is 6.69. The Labute approximate surface area is 152 Å². The maximum atomic E-state index is 12.4. The van der Waals surface area contributed by atoms with Gasteiger partial charge in [-0.15, -0.1) is 0 Å². The number of rotatable bonds is 8. The normalized spacial score (nSPS) is 29.4. The van der Waals surface area contributed by atoms with Crippen LogP contribution >= 0.6 is 0 Å². The van der Waals surface area contributed by atoms with Crippen LogP contribution in [0.5, 0.6) is 0 Å². The van der Waals surface area contributed by atoms with E-state index in [1.807, 2.05) is 6.08 Å². The average Bonchev–Trinajstić information content (AvgIpc) is 2.60. The predicted molar refractivity (Wildman–Crippen MR) is 99.5 cm³/mol. The second-order valence-electron chi connectivity index (χ2n) is 8.61. The van der Waals surface area contributed by atoms with Crippen LogP contribution < -0.4 is 0 Å². The fourth-order valence-corrected chi connectivity index (χ4v) is 5.10. The van der Waals surface area contributed by atoms with Crippen molar-refractivity contribution in [3.8, 4) is 0 Å². The molecule has 0 aromatic carbocycles. The summed E-state index contributed by atoms with van der Waals surface area (Å²) in [6, 6.07) is 0. The lowest BCUT2D eigenvalue weighted by Crippen LogP contribution is -2.30. The molecule has 0 aromatic heterocycles. The van der Waals surface area contributed by atoms with E-state index in [1.165, 1.54) is 83.5 Å². The van der Waals surface area contributed by atoms with Crippen LogP contribution in [0, 0.1) is 17.3 Å². The Morgan fingerprint density at radius 1 is 0.920 bits per heavy atom. The first-order valence-corrected chi connectivity index (χ1v) is 10.7. The minimum atomic E-state index is -4.03. The number of hydrogen-bond acceptors (Lipinski definition) is 0. The van der Waals surface area contributed by atoms with E-state index < -0.39 is 12.6 Å². The summed E-state index contributed by atoms with van der Waals surface area (Å²) in [5, 5.41) is 0. The standard InChI is InChI=1S/C22H37F3/c1-2-3-7-14-21(15-8-9-16-22(23,24)25)17-12-20(13-18-21)19-10-5-4-6-11-19/h8,15,19-20H,2-7,9-14,16-18H2,1H3. The van der Waals surface area contributed by atoms with E-state index in [-0.39, 0.29) is 11.8 Å². The van der Waals surface area contributed by atoms with Gasteiger partial charge in [0.25, 0.3) is 0 Å². The zero-order valence-corrected chi connectivity index (χ0v) is 16.0. The molecule has 0 N–H and O–H groups in total. The van der Waals surface area contributed by atoms with E-state index in [1.54, 1.807) is 0 Å². The van der Waals surface area contributed by atoms with Gasteiger partial charge in [-0.25, -0.2) is 0 Å². The quantitative estimate of drug-likeness (QED) is 0.303. The minimum absolute atomic E-state index is 0.144. The van der Waals surface area contributed by atoms with Gasteiger partial charge in [0.1, 0.15) is 0 Å². The fraction of sp³-hybridized carbons (Fsp3) is 0.909. The van der Waals surface area contributed by atoms with Crippen molar-refractivity contribution in [2.45, 2.75) is 109 Å². The van der Waals surface area contributed by atoms with E-state index in [0.29, 0.717) is 0 Å². The molecule has 146 valence electrons. The molecule has 0 aliphatic heterocycles. The van der Waals surface area contributed by atoms with Gasteiger partial charge in [0.2, 0.25) is 0 Å². The number of unbranched alkanes of at least 4 members (excludes halogenated alkanes) is 2. The summed E-state index contributed by atoms with van der Waals surface area (Å²) >= 11 is 0. The number of allylic oxidation sites excluding steroid dienone is 2. The summed E-state index contributed by atoms with van der Waals surface area (Å²) in [5.41, 5.74) is 0.186. The molecule has 2 fully saturated rings. The highest BCUT2D eigenvalue weighted by molar-refractivity contribution is 5.03. The SMILES string of the molecule is CCCCCC1(C=CCCC(F)(F)F)CCC(C2CCCCC2)CC1. The summed E-state index contributed by atoms with van der Waals surface area (Å²) in [6.07, 6.45) is 16.3. The van der Waals surface area contributed by atoms with Gasteiger partial charge in [-0.05, 0) is 55.8 Å². The van der Waals surface area contributed by atoms with Crippen LogP contribution in [-0.4, -0.2) is 6.18 Å². The van der Waals surface area contributed by atoms with Gasteiger partial charge in [-0.2, -0.15) is 13.2 Å². The van der Waals surface area contributed by atoms with Crippen molar-refractivity contribution in [1.29, 1.82) is 0 Å². The molecule has 25 heavy (non-hydrogen) atoms. The molecule has 0 atom stereocenters. The average molecular weight is 359 g/mol. The largest absolute Gasteiger partial charge is 0.389 e. The summed E-state index contributed by atoms with van der Waals surface area (Å²) in [6.45, 7) is 2.21. The van der Waals surface area contributed by atoms with Gasteiger partial charge in [-0.3, -0.25) is 0 Å². The molecule has 2 aliphatic rings. The molecule has 0 aromatic rings. The van der Waals surface area contributed by atoms with Crippen LogP contribution in [0.3, 0.4) is 0 Å². The van der Waals surface area contributed by atoms with Gasteiger partial charge in [0.05, 0.1) is 0 Å². The topological polar surface area (TPSA) is 0 Å². The lowest BCUT2D eigenvalue weighted by Gasteiger charge is -2.42. The molecular formula is C22H37F3. The molecule has 0 unspecified atom stereocenters. The summed E-state index contributed by atoms with van der Waals surface area (Å²) < 4.78 is 37.2. The number of hydrogen-bond donors (Lipinski definition) is 0. The molecule has 2 aliphatic carbocycles. The first-order valence-electron chi connectivity index (χ1n) is 10.7. The molecular weight excluding hydrogens is 321 g/mol. The highest BCUT2D eigenvalue weighted by atomic mass is 19.4. The van der Waals surface area contributed by atoms with E-state index in [2.05, 4.69) is 13.0 Å². The lowest BCUT2D eigenvalue weighted by atomic mass is 9.63. The molecule has 2 saturated carbocycles. The van der Waals surface area contributed by atoms with E-state index in [4.69, 9.17) is 0 Å². The molecule has 0 saturated heterocycles. The Kier molecular flexibility index (Phi) is 8.35. The summed E-state index contributed by atoms with van der Waals surface area (Å²) in [4.78, 5) is 0. The maximum absolute atomic E-state index is 12.4. The molecule has 0 amide bonds. The van der Waals surface area contributed by atoms with Crippen LogP contribution in [0.15, 0.2) is 12.2 Å². The molecule has 0 bridgehead atoms. The molecule has 0 nitrogen and oxygen atoms in total. The van der Waals surface area contributed by atoms with Crippen molar-refractivity contribution in [2.75, 3.05) is 0 Å². The van der Waals surface area contributed by atoms with Crippen molar-refractivity contribution >= 4 is 0 Å². The molecule has 3 heteroatoms. The first kappa shape index (κ1) is 20.8. The molecule has 0 spiro atoms. The van der Waals surface area contributed by atoms with Gasteiger partial charge < -0.3 is 0 Å². The number of alkyl halides is 3. The van der Waals surface area contributed by atoms with E-state index in [0.717, 1.165) is 11.8 Å².